The van der Waals surface area contributed by atoms with Gasteiger partial charge in [0.1, 0.15) is 0 Å². The van der Waals surface area contributed by atoms with Gasteiger partial charge in [-0.15, -0.1) is 0 Å². The molecule has 1 aromatic rings. The average Bonchev–Trinajstić information content (AvgIpc) is 2.86. The van der Waals surface area contributed by atoms with E-state index in [0.717, 1.165) is 19.7 Å². The summed E-state index contributed by atoms with van der Waals surface area (Å²) in [7, 11) is 0. The Kier molecular flexibility index (Phi) is 2.93. The largest absolute Gasteiger partial charge is 0.381 e. The minimum Gasteiger partial charge on any atom is -0.381 e. The molecule has 0 saturated carbocycles. The highest BCUT2D eigenvalue weighted by atomic mass is 16.5. The Bertz CT molecular complexity index is 388. The fourth-order valence-corrected chi connectivity index (χ4v) is 2.76. The number of nitrogens with one attached hydrogen (secondary N) is 1. The van der Waals surface area contributed by atoms with E-state index in [4.69, 9.17) is 4.74 Å². The van der Waals surface area contributed by atoms with E-state index in [-0.39, 0.29) is 0 Å². The third-order valence-corrected chi connectivity index (χ3v) is 3.76. The first kappa shape index (κ1) is 10.9. The zero-order chi connectivity index (χ0) is 11.7. The first-order chi connectivity index (χ1) is 8.34. The van der Waals surface area contributed by atoms with Crippen molar-refractivity contribution in [2.24, 2.45) is 0 Å². The van der Waals surface area contributed by atoms with Crippen LogP contribution in [0.1, 0.15) is 19.8 Å². The van der Waals surface area contributed by atoms with Crippen molar-refractivity contribution in [3.8, 4) is 0 Å². The van der Waals surface area contributed by atoms with E-state index in [1.54, 1.807) is 0 Å². The molecule has 0 aliphatic carbocycles. The Morgan fingerprint density at radius 2 is 2.29 bits per heavy atom. The first-order valence-electron chi connectivity index (χ1n) is 6.56. The van der Waals surface area contributed by atoms with Gasteiger partial charge in [-0.25, -0.2) is 0 Å². The van der Waals surface area contributed by atoms with Crippen LogP contribution in [0.5, 0.6) is 0 Å². The monoisotopic (exact) mass is 232 g/mol. The zero-order valence-corrected chi connectivity index (χ0v) is 10.4. The predicted octanol–water partition coefficient (Wildman–Crippen LogP) is 2.49. The number of para-hydroxylation sites is 2. The molecule has 2 atom stereocenters. The fourth-order valence-electron chi connectivity index (χ4n) is 2.76. The van der Waals surface area contributed by atoms with Crippen LogP contribution in [0.15, 0.2) is 24.3 Å². The normalized spacial score (nSPS) is 27.7. The summed E-state index contributed by atoms with van der Waals surface area (Å²) in [6, 6.07) is 9.10. The van der Waals surface area contributed by atoms with Crippen LogP contribution in [-0.4, -0.2) is 31.8 Å². The maximum atomic E-state index is 5.76. The second kappa shape index (κ2) is 4.57. The molecule has 1 saturated heterocycles. The van der Waals surface area contributed by atoms with Crippen LogP contribution in [0.4, 0.5) is 11.4 Å². The summed E-state index contributed by atoms with van der Waals surface area (Å²) in [4.78, 5) is 2.49. The maximum Gasteiger partial charge on any atom is 0.0750 e. The van der Waals surface area contributed by atoms with E-state index in [9.17, 15) is 0 Å². The number of fused-ring (bicyclic) bond motifs is 1. The molecule has 17 heavy (non-hydrogen) atoms. The van der Waals surface area contributed by atoms with Crippen molar-refractivity contribution in [2.45, 2.75) is 31.9 Å². The predicted molar refractivity (Wildman–Crippen MR) is 70.7 cm³/mol. The third-order valence-electron chi connectivity index (χ3n) is 3.76. The highest BCUT2D eigenvalue weighted by Crippen LogP contribution is 2.32. The smallest absolute Gasteiger partial charge is 0.0750 e. The van der Waals surface area contributed by atoms with Crippen molar-refractivity contribution in [3.63, 3.8) is 0 Å². The Labute approximate surface area is 103 Å². The number of ether oxygens (including phenoxy) is 1. The van der Waals surface area contributed by atoms with Crippen molar-refractivity contribution in [1.29, 1.82) is 0 Å². The van der Waals surface area contributed by atoms with Gasteiger partial charge in [0.15, 0.2) is 0 Å². The van der Waals surface area contributed by atoms with E-state index in [2.05, 4.69) is 41.4 Å². The molecular formula is C14H20N2O. The van der Waals surface area contributed by atoms with Gasteiger partial charge in [-0.2, -0.15) is 0 Å². The van der Waals surface area contributed by atoms with Crippen LogP contribution < -0.4 is 10.2 Å². The quantitative estimate of drug-likeness (QED) is 0.848. The van der Waals surface area contributed by atoms with Gasteiger partial charge in [0.05, 0.1) is 17.5 Å². The molecule has 3 heteroatoms. The molecule has 0 aromatic heterocycles. The number of hydrogen-bond donors (Lipinski definition) is 1. The molecule has 2 unspecified atom stereocenters. The summed E-state index contributed by atoms with van der Waals surface area (Å²) in [6.07, 6.45) is 2.84. The third kappa shape index (κ3) is 2.12. The Morgan fingerprint density at radius 3 is 3.12 bits per heavy atom. The number of rotatable bonds is 2. The van der Waals surface area contributed by atoms with Crippen LogP contribution in [0.2, 0.25) is 0 Å². The SMILES string of the molecule is CC1CNc2ccccc2N1CC1CCCO1. The average molecular weight is 232 g/mol. The van der Waals surface area contributed by atoms with Crippen LogP contribution in [0, 0.1) is 0 Å². The summed E-state index contributed by atoms with van der Waals surface area (Å²) in [5, 5.41) is 3.48. The van der Waals surface area contributed by atoms with Crippen LogP contribution in [-0.2, 0) is 4.74 Å². The van der Waals surface area contributed by atoms with Crippen molar-refractivity contribution in [3.05, 3.63) is 24.3 Å². The van der Waals surface area contributed by atoms with E-state index < -0.39 is 0 Å². The molecule has 0 radical (unpaired) electrons. The summed E-state index contributed by atoms with van der Waals surface area (Å²) < 4.78 is 5.76. The van der Waals surface area contributed by atoms with Crippen LogP contribution in [0.25, 0.3) is 0 Å². The Balaban J connectivity index is 1.81. The van der Waals surface area contributed by atoms with E-state index in [0.29, 0.717) is 12.1 Å². The molecule has 0 spiro atoms. The Hall–Kier alpha value is -1.22. The van der Waals surface area contributed by atoms with Crippen molar-refractivity contribution in [2.75, 3.05) is 29.9 Å². The number of benzene rings is 1. The van der Waals surface area contributed by atoms with Gasteiger partial charge >= 0.3 is 0 Å². The highest BCUT2D eigenvalue weighted by molar-refractivity contribution is 5.72. The summed E-state index contributed by atoms with van der Waals surface area (Å²) in [5.41, 5.74) is 2.57. The second-order valence-electron chi connectivity index (χ2n) is 5.03. The lowest BCUT2D eigenvalue weighted by atomic mass is 10.1. The summed E-state index contributed by atoms with van der Waals surface area (Å²) in [5.74, 6) is 0. The molecular weight excluding hydrogens is 212 g/mol. The van der Waals surface area contributed by atoms with E-state index >= 15 is 0 Å². The molecule has 2 aliphatic rings. The molecule has 2 aliphatic heterocycles. The fraction of sp³-hybridized carbons (Fsp3) is 0.571. The molecule has 1 N–H and O–H groups in total. The lowest BCUT2D eigenvalue weighted by molar-refractivity contribution is 0.114. The van der Waals surface area contributed by atoms with Gasteiger partial charge in [0.2, 0.25) is 0 Å². The molecule has 1 aromatic carbocycles. The second-order valence-corrected chi connectivity index (χ2v) is 5.03. The lowest BCUT2D eigenvalue weighted by Gasteiger charge is -2.38. The molecule has 1 fully saturated rings. The zero-order valence-electron chi connectivity index (χ0n) is 10.4. The minimum absolute atomic E-state index is 0.420. The van der Waals surface area contributed by atoms with Gasteiger partial charge in [-0.05, 0) is 31.9 Å². The molecule has 0 bridgehead atoms. The maximum absolute atomic E-state index is 5.76. The van der Waals surface area contributed by atoms with Crippen molar-refractivity contribution >= 4 is 11.4 Å². The van der Waals surface area contributed by atoms with Gasteiger partial charge in [0.25, 0.3) is 0 Å². The highest BCUT2D eigenvalue weighted by Gasteiger charge is 2.26. The van der Waals surface area contributed by atoms with Gasteiger partial charge in [-0.1, -0.05) is 12.1 Å². The number of nitrogens with zero attached hydrogens (tertiary/aromatic N) is 1. The standard InChI is InChI=1S/C14H20N2O/c1-11-9-15-13-6-2-3-7-14(13)16(11)10-12-5-4-8-17-12/h2-3,6-7,11-12,15H,4-5,8-10H2,1H3. The van der Waals surface area contributed by atoms with Gasteiger partial charge < -0.3 is 15.0 Å². The minimum atomic E-state index is 0.420. The summed E-state index contributed by atoms with van der Waals surface area (Å²) in [6.45, 7) is 5.26. The number of hydrogen-bond acceptors (Lipinski definition) is 3. The first-order valence-corrected chi connectivity index (χ1v) is 6.56. The van der Waals surface area contributed by atoms with E-state index in [1.165, 1.54) is 24.2 Å². The number of anilines is 2. The molecule has 2 heterocycles. The van der Waals surface area contributed by atoms with Crippen LogP contribution in [0.3, 0.4) is 0 Å². The van der Waals surface area contributed by atoms with Gasteiger partial charge in [0, 0.05) is 25.7 Å². The Morgan fingerprint density at radius 1 is 1.41 bits per heavy atom. The van der Waals surface area contributed by atoms with Crippen molar-refractivity contribution < 1.29 is 4.74 Å². The molecule has 0 amide bonds. The summed E-state index contributed by atoms with van der Waals surface area (Å²) >= 11 is 0. The van der Waals surface area contributed by atoms with Crippen molar-refractivity contribution in [1.82, 2.24) is 0 Å². The lowest BCUT2D eigenvalue weighted by Crippen LogP contribution is -2.45. The van der Waals surface area contributed by atoms with Gasteiger partial charge in [-0.3, -0.25) is 0 Å². The molecule has 3 nitrogen and oxygen atoms in total. The van der Waals surface area contributed by atoms with Crippen LogP contribution >= 0.6 is 0 Å². The molecule has 92 valence electrons. The molecule has 3 rings (SSSR count). The van der Waals surface area contributed by atoms with E-state index in [1.807, 2.05) is 0 Å². The topological polar surface area (TPSA) is 24.5 Å².